The largest absolute Gasteiger partial charge is 0.465 e. The zero-order chi connectivity index (χ0) is 22.1. The number of ether oxygens (including phenoxy) is 1. The molecule has 11 heteroatoms. The van der Waals surface area contributed by atoms with E-state index in [4.69, 9.17) is 27.9 Å². The molecule has 3 aromatic rings. The normalized spacial score (nSPS) is 12.3. The van der Waals surface area contributed by atoms with Gasteiger partial charge in [-0.25, -0.2) is 8.42 Å². The lowest BCUT2D eigenvalue weighted by atomic mass is 10.2. The summed E-state index contributed by atoms with van der Waals surface area (Å²) in [5.41, 5.74) is 0.668. The van der Waals surface area contributed by atoms with E-state index < -0.39 is 21.7 Å². The maximum Gasteiger partial charge on any atom is 0.326 e. The van der Waals surface area contributed by atoms with Crippen molar-refractivity contribution >= 4 is 66.5 Å². The summed E-state index contributed by atoms with van der Waals surface area (Å²) in [5, 5.41) is 0.754. The first kappa shape index (κ1) is 22.5. The molecule has 0 saturated heterocycles. The van der Waals surface area contributed by atoms with Crippen LogP contribution in [0, 0.1) is 0 Å². The first-order valence-corrected chi connectivity index (χ1v) is 12.1. The van der Waals surface area contributed by atoms with Gasteiger partial charge >= 0.3 is 5.97 Å². The van der Waals surface area contributed by atoms with Crippen molar-refractivity contribution in [2.45, 2.75) is 18.4 Å². The van der Waals surface area contributed by atoms with Crippen LogP contribution in [0.1, 0.15) is 17.3 Å². The quantitative estimate of drug-likeness (QED) is 0.512. The molecule has 0 aliphatic heterocycles. The summed E-state index contributed by atoms with van der Waals surface area (Å²) < 4.78 is 30.2. The zero-order valence-corrected chi connectivity index (χ0v) is 19.0. The molecule has 1 amide bonds. The molecule has 0 aliphatic carbocycles. The number of carbonyl (C=O) groups is 2. The predicted octanol–water partition coefficient (Wildman–Crippen LogP) is 3.72. The van der Waals surface area contributed by atoms with E-state index in [9.17, 15) is 18.0 Å². The van der Waals surface area contributed by atoms with Crippen LogP contribution in [0.2, 0.25) is 10.0 Å². The molecule has 0 bridgehead atoms. The summed E-state index contributed by atoms with van der Waals surface area (Å²) in [5.74, 6) is -1.12. The van der Waals surface area contributed by atoms with Crippen molar-refractivity contribution < 1.29 is 22.7 Å². The van der Waals surface area contributed by atoms with Gasteiger partial charge in [0.25, 0.3) is 5.91 Å². The zero-order valence-electron chi connectivity index (χ0n) is 15.9. The van der Waals surface area contributed by atoms with E-state index in [1.807, 2.05) is 0 Å². The molecule has 0 spiro atoms. The first-order chi connectivity index (χ1) is 14.1. The molecule has 0 aliphatic rings. The lowest BCUT2D eigenvalue weighted by molar-refractivity contribution is -0.143. The Morgan fingerprint density at radius 2 is 1.73 bits per heavy atom. The van der Waals surface area contributed by atoms with Gasteiger partial charge in [0, 0.05) is 11.8 Å². The summed E-state index contributed by atoms with van der Waals surface area (Å²) in [6, 6.07) is 8.65. The van der Waals surface area contributed by atoms with Crippen molar-refractivity contribution in [1.82, 2.24) is 4.57 Å². The van der Waals surface area contributed by atoms with Gasteiger partial charge in [0.2, 0.25) is 0 Å². The number of carbonyl (C=O) groups excluding carboxylic acids is 2. The Kier molecular flexibility index (Phi) is 6.66. The highest BCUT2D eigenvalue weighted by atomic mass is 35.5. The number of sulfone groups is 1. The van der Waals surface area contributed by atoms with Crippen LogP contribution in [0.25, 0.3) is 10.2 Å². The fourth-order valence-corrected chi connectivity index (χ4v) is 4.95. The van der Waals surface area contributed by atoms with Crippen LogP contribution in [-0.4, -0.2) is 37.7 Å². The van der Waals surface area contributed by atoms with Crippen molar-refractivity contribution in [3.05, 3.63) is 56.8 Å². The number of fused-ring (bicyclic) bond motifs is 1. The Morgan fingerprint density at radius 1 is 1.10 bits per heavy atom. The number of halogens is 2. The summed E-state index contributed by atoms with van der Waals surface area (Å²) >= 11 is 13.7. The van der Waals surface area contributed by atoms with Gasteiger partial charge in [-0.15, -0.1) is 0 Å². The summed E-state index contributed by atoms with van der Waals surface area (Å²) in [4.78, 5) is 29.2. The maximum absolute atomic E-state index is 12.7. The summed E-state index contributed by atoms with van der Waals surface area (Å²) in [6.07, 6.45) is 1.08. The standard InChI is InChI=1S/C19H16Cl2N2O5S2/c1-3-28-15(24)10-23-16-13(20)8-9-14(21)17(16)29-19(23)22-18(25)11-4-6-12(7-5-11)30(2,26)27/h4-9H,3,10H2,1-2H3. The Bertz CT molecular complexity index is 1310. The van der Waals surface area contributed by atoms with E-state index in [0.717, 1.165) is 17.6 Å². The Morgan fingerprint density at radius 3 is 2.33 bits per heavy atom. The second-order valence-corrected chi connectivity index (χ2v) is 10.0. The third-order valence-electron chi connectivity index (χ3n) is 4.05. The number of benzene rings is 2. The molecule has 0 atom stereocenters. The maximum atomic E-state index is 12.7. The molecule has 158 valence electrons. The van der Waals surface area contributed by atoms with Crippen LogP contribution in [-0.2, 0) is 25.9 Å². The number of hydrogen-bond acceptors (Lipinski definition) is 6. The predicted molar refractivity (Wildman–Crippen MR) is 116 cm³/mol. The van der Waals surface area contributed by atoms with Crippen LogP contribution in [0.15, 0.2) is 46.3 Å². The van der Waals surface area contributed by atoms with Crippen molar-refractivity contribution in [1.29, 1.82) is 0 Å². The van der Waals surface area contributed by atoms with E-state index in [-0.39, 0.29) is 28.4 Å². The van der Waals surface area contributed by atoms with E-state index in [1.165, 1.54) is 28.8 Å². The molecule has 1 aromatic heterocycles. The van der Waals surface area contributed by atoms with Gasteiger partial charge in [0.1, 0.15) is 6.54 Å². The average molecular weight is 487 g/mol. The van der Waals surface area contributed by atoms with Gasteiger partial charge < -0.3 is 9.30 Å². The Labute approximate surface area is 186 Å². The number of aromatic nitrogens is 1. The van der Waals surface area contributed by atoms with Crippen LogP contribution in [0.3, 0.4) is 0 Å². The molecule has 0 saturated carbocycles. The van der Waals surface area contributed by atoms with Crippen LogP contribution in [0.5, 0.6) is 0 Å². The van der Waals surface area contributed by atoms with Gasteiger partial charge in [0.15, 0.2) is 14.6 Å². The molecule has 3 rings (SSSR count). The summed E-state index contributed by atoms with van der Waals surface area (Å²) in [6.45, 7) is 1.69. The molecule has 7 nitrogen and oxygen atoms in total. The minimum atomic E-state index is -3.38. The van der Waals surface area contributed by atoms with Crippen molar-refractivity contribution in [3.63, 3.8) is 0 Å². The van der Waals surface area contributed by atoms with Crippen LogP contribution >= 0.6 is 34.5 Å². The number of esters is 1. The molecular formula is C19H16Cl2N2O5S2. The molecular weight excluding hydrogens is 471 g/mol. The topological polar surface area (TPSA) is 94.8 Å². The highest BCUT2D eigenvalue weighted by molar-refractivity contribution is 7.90. The second kappa shape index (κ2) is 8.89. The molecule has 1 heterocycles. The fraction of sp³-hybridized carbons (Fsp3) is 0.211. The van der Waals surface area contributed by atoms with E-state index in [1.54, 1.807) is 19.1 Å². The third kappa shape index (κ3) is 4.75. The SMILES string of the molecule is CCOC(=O)Cn1c(=NC(=O)c2ccc(S(C)(=O)=O)cc2)sc2c(Cl)ccc(Cl)c21. The van der Waals surface area contributed by atoms with Crippen LogP contribution in [0.4, 0.5) is 0 Å². The first-order valence-electron chi connectivity index (χ1n) is 8.64. The third-order valence-corrected chi connectivity index (χ3v) is 7.02. The van der Waals surface area contributed by atoms with Gasteiger partial charge in [-0.3, -0.25) is 9.59 Å². The smallest absolute Gasteiger partial charge is 0.326 e. The number of amides is 1. The molecule has 30 heavy (non-hydrogen) atoms. The number of thiazole rings is 1. The van der Waals surface area contributed by atoms with Gasteiger partial charge in [-0.2, -0.15) is 4.99 Å². The molecule has 0 fully saturated rings. The highest BCUT2D eigenvalue weighted by Gasteiger charge is 2.17. The molecule has 0 radical (unpaired) electrons. The second-order valence-electron chi connectivity index (χ2n) is 6.20. The number of nitrogens with zero attached hydrogens (tertiary/aromatic N) is 2. The highest BCUT2D eigenvalue weighted by Crippen LogP contribution is 2.32. The lowest BCUT2D eigenvalue weighted by Gasteiger charge is -2.06. The Balaban J connectivity index is 2.13. The number of rotatable bonds is 5. The van der Waals surface area contributed by atoms with Gasteiger partial charge in [0.05, 0.1) is 31.8 Å². The van der Waals surface area contributed by atoms with Gasteiger partial charge in [-0.1, -0.05) is 34.5 Å². The minimum Gasteiger partial charge on any atom is -0.465 e. The van der Waals surface area contributed by atoms with Gasteiger partial charge in [-0.05, 0) is 43.3 Å². The minimum absolute atomic E-state index is 0.0943. The monoisotopic (exact) mass is 486 g/mol. The number of hydrogen-bond donors (Lipinski definition) is 0. The lowest BCUT2D eigenvalue weighted by Crippen LogP contribution is -2.23. The fourth-order valence-electron chi connectivity index (χ4n) is 2.67. The molecule has 0 N–H and O–H groups in total. The van der Waals surface area contributed by atoms with Crippen LogP contribution < -0.4 is 4.80 Å². The summed E-state index contributed by atoms with van der Waals surface area (Å²) in [7, 11) is -3.38. The molecule has 0 unspecified atom stereocenters. The van der Waals surface area contributed by atoms with Crippen molar-refractivity contribution in [3.8, 4) is 0 Å². The van der Waals surface area contributed by atoms with E-state index in [2.05, 4.69) is 4.99 Å². The Hall–Kier alpha value is -2.20. The van der Waals surface area contributed by atoms with E-state index in [0.29, 0.717) is 20.3 Å². The van der Waals surface area contributed by atoms with Crippen molar-refractivity contribution in [2.75, 3.05) is 12.9 Å². The average Bonchev–Trinajstić information content (AvgIpc) is 3.03. The van der Waals surface area contributed by atoms with E-state index >= 15 is 0 Å². The molecule has 2 aromatic carbocycles. The van der Waals surface area contributed by atoms with Crippen molar-refractivity contribution in [2.24, 2.45) is 4.99 Å².